The topological polar surface area (TPSA) is 79.3 Å². The Bertz CT molecular complexity index is 979. The number of aromatic amines is 1. The number of hydrogen-bond acceptors (Lipinski definition) is 3. The predicted molar refractivity (Wildman–Crippen MR) is 101 cm³/mol. The monoisotopic (exact) mass is 351 g/mol. The first-order valence-electron chi connectivity index (χ1n) is 8.62. The lowest BCUT2D eigenvalue weighted by atomic mass is 10.1. The van der Waals surface area contributed by atoms with Crippen molar-refractivity contribution in [3.8, 4) is 0 Å². The maximum atomic E-state index is 12.3. The van der Waals surface area contributed by atoms with Crippen LogP contribution in [0.15, 0.2) is 53.3 Å². The van der Waals surface area contributed by atoms with Gasteiger partial charge in [0, 0.05) is 18.2 Å². The molecule has 0 aliphatic rings. The Labute approximate surface area is 151 Å². The third-order valence-corrected chi connectivity index (χ3v) is 4.71. The van der Waals surface area contributed by atoms with E-state index in [-0.39, 0.29) is 17.5 Å². The molecule has 0 bridgehead atoms. The summed E-state index contributed by atoms with van der Waals surface area (Å²) in [6.07, 6.45) is 0. The molecule has 1 aromatic heterocycles. The summed E-state index contributed by atoms with van der Waals surface area (Å²) >= 11 is 0. The van der Waals surface area contributed by atoms with E-state index >= 15 is 0 Å². The predicted octanol–water partition coefficient (Wildman–Crippen LogP) is 1.06. The molecule has 134 valence electrons. The Hall–Kier alpha value is -2.99. The van der Waals surface area contributed by atoms with Crippen molar-refractivity contribution in [3.05, 3.63) is 75.8 Å². The highest BCUT2D eigenvalue weighted by Gasteiger charge is 2.19. The van der Waals surface area contributed by atoms with Crippen LogP contribution in [0.2, 0.25) is 0 Å². The summed E-state index contributed by atoms with van der Waals surface area (Å²) in [7, 11) is 3.68. The average Bonchev–Trinajstić information content (AvgIpc) is 2.67. The number of nitrogens with zero attached hydrogens (tertiary/aromatic N) is 1. The summed E-state index contributed by atoms with van der Waals surface area (Å²) in [5.74, 6) is 0.580. The average molecular weight is 351 g/mol. The highest BCUT2D eigenvalue weighted by atomic mass is 16.1. The van der Waals surface area contributed by atoms with E-state index in [1.165, 1.54) is 4.90 Å². The zero-order chi connectivity index (χ0) is 18.7. The standard InChI is InChI=1S/C20H22N4O2/c1-13(18-22-17-7-5-4-6-16(17)20(26)23-18)24(3)12-14-8-10-15(11-9-14)19(25)21-2/h4-11,13H,12H2,1-3H3,(H,21,25)(H,22,23,26)/p+1/t13-/m0/s1. The van der Waals surface area contributed by atoms with E-state index in [0.29, 0.717) is 22.3 Å². The van der Waals surface area contributed by atoms with Gasteiger partial charge in [0.1, 0.15) is 12.6 Å². The number of amides is 1. The van der Waals surface area contributed by atoms with E-state index in [0.717, 1.165) is 12.1 Å². The molecule has 2 atom stereocenters. The summed E-state index contributed by atoms with van der Waals surface area (Å²) < 4.78 is 0. The first kappa shape index (κ1) is 17.8. The van der Waals surface area contributed by atoms with Crippen LogP contribution in [-0.2, 0) is 6.54 Å². The van der Waals surface area contributed by atoms with Crippen LogP contribution in [0.4, 0.5) is 0 Å². The van der Waals surface area contributed by atoms with Gasteiger partial charge in [0.05, 0.1) is 18.0 Å². The largest absolute Gasteiger partial charge is 0.355 e. The number of quaternary nitrogens is 1. The lowest BCUT2D eigenvalue weighted by Crippen LogP contribution is -3.07. The van der Waals surface area contributed by atoms with E-state index in [2.05, 4.69) is 22.3 Å². The van der Waals surface area contributed by atoms with Crippen molar-refractivity contribution in [3.63, 3.8) is 0 Å². The van der Waals surface area contributed by atoms with Crippen molar-refractivity contribution in [1.29, 1.82) is 0 Å². The molecule has 0 aliphatic heterocycles. The second-order valence-electron chi connectivity index (χ2n) is 6.49. The normalized spacial score (nSPS) is 13.3. The highest BCUT2D eigenvalue weighted by molar-refractivity contribution is 5.93. The minimum atomic E-state index is -0.111. The number of H-pyrrole nitrogens is 1. The van der Waals surface area contributed by atoms with Gasteiger partial charge in [-0.25, -0.2) is 4.98 Å². The fraction of sp³-hybridized carbons (Fsp3) is 0.250. The molecule has 0 saturated heterocycles. The van der Waals surface area contributed by atoms with Gasteiger partial charge >= 0.3 is 0 Å². The number of para-hydroxylation sites is 1. The Morgan fingerprint density at radius 1 is 1.19 bits per heavy atom. The summed E-state index contributed by atoms with van der Waals surface area (Å²) in [5, 5.41) is 3.22. The van der Waals surface area contributed by atoms with Crippen LogP contribution < -0.4 is 15.8 Å². The van der Waals surface area contributed by atoms with Crippen LogP contribution in [0.3, 0.4) is 0 Å². The number of carbonyl (C=O) groups is 1. The molecular weight excluding hydrogens is 328 g/mol. The molecular formula is C20H23N4O2+. The van der Waals surface area contributed by atoms with Crippen molar-refractivity contribution in [2.75, 3.05) is 14.1 Å². The molecule has 3 rings (SSSR count). The molecule has 6 heteroatoms. The Kier molecular flexibility index (Phi) is 5.14. The molecule has 0 aliphatic carbocycles. The molecule has 6 nitrogen and oxygen atoms in total. The van der Waals surface area contributed by atoms with E-state index in [1.54, 1.807) is 13.1 Å². The number of rotatable bonds is 5. The van der Waals surface area contributed by atoms with Gasteiger partial charge in [0.2, 0.25) is 0 Å². The van der Waals surface area contributed by atoms with Crippen molar-refractivity contribution < 1.29 is 9.69 Å². The van der Waals surface area contributed by atoms with Crippen LogP contribution in [0, 0.1) is 0 Å². The minimum absolute atomic E-state index is 0.0194. The zero-order valence-electron chi connectivity index (χ0n) is 15.2. The fourth-order valence-electron chi connectivity index (χ4n) is 2.94. The summed E-state index contributed by atoms with van der Waals surface area (Å²) in [4.78, 5) is 32.6. The molecule has 1 amide bonds. The summed E-state index contributed by atoms with van der Waals surface area (Å²) in [6, 6.07) is 14.9. The Morgan fingerprint density at radius 2 is 1.88 bits per heavy atom. The number of benzene rings is 2. The maximum Gasteiger partial charge on any atom is 0.258 e. The van der Waals surface area contributed by atoms with E-state index < -0.39 is 0 Å². The van der Waals surface area contributed by atoms with Gasteiger partial charge < -0.3 is 15.2 Å². The molecule has 26 heavy (non-hydrogen) atoms. The van der Waals surface area contributed by atoms with Gasteiger partial charge in [-0.15, -0.1) is 0 Å². The van der Waals surface area contributed by atoms with Gasteiger partial charge in [0.15, 0.2) is 5.82 Å². The number of aromatic nitrogens is 2. The van der Waals surface area contributed by atoms with Crippen LogP contribution in [0.25, 0.3) is 10.9 Å². The molecule has 1 unspecified atom stereocenters. The Balaban J connectivity index is 1.78. The summed E-state index contributed by atoms with van der Waals surface area (Å²) in [5.41, 5.74) is 2.36. The van der Waals surface area contributed by atoms with Gasteiger partial charge in [-0.1, -0.05) is 24.3 Å². The molecule has 0 saturated carbocycles. The second kappa shape index (κ2) is 7.49. The molecule has 0 radical (unpaired) electrons. The van der Waals surface area contributed by atoms with Crippen LogP contribution >= 0.6 is 0 Å². The van der Waals surface area contributed by atoms with Crippen molar-refractivity contribution >= 4 is 16.8 Å². The van der Waals surface area contributed by atoms with Crippen molar-refractivity contribution in [2.45, 2.75) is 19.5 Å². The first-order valence-corrected chi connectivity index (χ1v) is 8.62. The fourth-order valence-corrected chi connectivity index (χ4v) is 2.94. The smallest absolute Gasteiger partial charge is 0.258 e. The number of carbonyl (C=O) groups excluding carboxylic acids is 1. The summed E-state index contributed by atoms with van der Waals surface area (Å²) in [6.45, 7) is 2.80. The molecule has 3 N–H and O–H groups in total. The quantitative estimate of drug-likeness (QED) is 0.643. The van der Waals surface area contributed by atoms with Crippen LogP contribution in [0.1, 0.15) is 34.7 Å². The number of nitrogens with one attached hydrogen (secondary N) is 3. The highest BCUT2D eigenvalue weighted by Crippen LogP contribution is 2.09. The molecule has 1 heterocycles. The Morgan fingerprint density at radius 3 is 2.58 bits per heavy atom. The lowest BCUT2D eigenvalue weighted by Gasteiger charge is -2.21. The number of hydrogen-bond donors (Lipinski definition) is 3. The van der Waals surface area contributed by atoms with E-state index in [1.807, 2.05) is 49.4 Å². The lowest BCUT2D eigenvalue weighted by molar-refractivity contribution is -0.924. The molecule has 2 aromatic carbocycles. The van der Waals surface area contributed by atoms with Gasteiger partial charge in [0.25, 0.3) is 11.5 Å². The zero-order valence-corrected chi connectivity index (χ0v) is 15.2. The third-order valence-electron chi connectivity index (χ3n) is 4.71. The second-order valence-corrected chi connectivity index (χ2v) is 6.49. The van der Waals surface area contributed by atoms with Crippen molar-refractivity contribution in [1.82, 2.24) is 15.3 Å². The number of fused-ring (bicyclic) bond motifs is 1. The maximum absolute atomic E-state index is 12.3. The minimum Gasteiger partial charge on any atom is -0.355 e. The SMILES string of the molecule is CNC(=O)c1ccc(C[NH+](C)[C@@H](C)c2nc3ccccc3c(=O)[nH]2)cc1. The molecule has 0 spiro atoms. The first-order chi connectivity index (χ1) is 12.5. The van der Waals surface area contributed by atoms with Crippen LogP contribution in [-0.4, -0.2) is 30.0 Å². The third kappa shape index (κ3) is 3.65. The molecule has 0 fully saturated rings. The van der Waals surface area contributed by atoms with Gasteiger partial charge in [-0.2, -0.15) is 0 Å². The van der Waals surface area contributed by atoms with Gasteiger partial charge in [-0.05, 0) is 31.2 Å². The molecule has 3 aromatic rings. The van der Waals surface area contributed by atoms with Crippen molar-refractivity contribution in [2.24, 2.45) is 0 Å². The van der Waals surface area contributed by atoms with Gasteiger partial charge in [-0.3, -0.25) is 9.59 Å². The van der Waals surface area contributed by atoms with Crippen LogP contribution in [0.5, 0.6) is 0 Å². The van der Waals surface area contributed by atoms with E-state index in [9.17, 15) is 9.59 Å². The van der Waals surface area contributed by atoms with E-state index in [4.69, 9.17) is 0 Å².